The summed E-state index contributed by atoms with van der Waals surface area (Å²) in [6.45, 7) is 3.88. The highest BCUT2D eigenvalue weighted by Crippen LogP contribution is 2.47. The van der Waals surface area contributed by atoms with Crippen LogP contribution in [0.5, 0.6) is 0 Å². The lowest BCUT2D eigenvalue weighted by molar-refractivity contribution is -0.143. The average Bonchev–Trinajstić information content (AvgIpc) is 2.84. The Labute approximate surface area is 194 Å². The van der Waals surface area contributed by atoms with Gasteiger partial charge in [-0.25, -0.2) is 0 Å². The predicted molar refractivity (Wildman–Crippen MR) is 136 cm³/mol. The number of aryl methyl sites for hydroxylation is 1. The fraction of sp³-hybridized carbons (Fsp3) is 0.129. The van der Waals surface area contributed by atoms with E-state index in [4.69, 9.17) is 0 Å². The Hall–Kier alpha value is -3.91. The zero-order valence-corrected chi connectivity index (χ0v) is 18.8. The second kappa shape index (κ2) is 8.22. The summed E-state index contributed by atoms with van der Waals surface area (Å²) in [6, 6.07) is 36.8. The summed E-state index contributed by atoms with van der Waals surface area (Å²) >= 11 is 0. The maximum Gasteiger partial charge on any atom is 0.314 e. The van der Waals surface area contributed by atoms with Crippen LogP contribution in [-0.2, 0) is 10.2 Å². The molecule has 0 aromatic heterocycles. The molecule has 162 valence electrons. The van der Waals surface area contributed by atoms with E-state index >= 15 is 0 Å². The van der Waals surface area contributed by atoms with Crippen LogP contribution in [0.2, 0.25) is 0 Å². The molecule has 0 saturated carbocycles. The standard InChI is InChI=1S/C31H26O2/c1-21-10-7-15-24(20-21)31(2,30(32)33)29(27-18-8-13-22-11-3-5-16-25(22)27)28-19-9-14-23-12-4-6-17-26(23)28/h3-20,29H,1-2H3,(H,32,33). The van der Waals surface area contributed by atoms with Crippen LogP contribution in [-0.4, -0.2) is 11.1 Å². The number of hydrogen-bond acceptors (Lipinski definition) is 1. The second-order valence-electron chi connectivity index (χ2n) is 8.95. The largest absolute Gasteiger partial charge is 0.481 e. The first-order valence-electron chi connectivity index (χ1n) is 11.3. The molecule has 1 unspecified atom stereocenters. The monoisotopic (exact) mass is 430 g/mol. The van der Waals surface area contributed by atoms with Crippen molar-refractivity contribution in [1.29, 1.82) is 0 Å². The molecule has 1 atom stereocenters. The highest BCUT2D eigenvalue weighted by atomic mass is 16.4. The Morgan fingerprint density at radius 2 is 1.18 bits per heavy atom. The molecule has 0 fully saturated rings. The maximum absolute atomic E-state index is 13.2. The second-order valence-corrected chi connectivity index (χ2v) is 8.95. The van der Waals surface area contributed by atoms with E-state index in [2.05, 4.69) is 48.5 Å². The van der Waals surface area contributed by atoms with Crippen molar-refractivity contribution in [3.63, 3.8) is 0 Å². The van der Waals surface area contributed by atoms with Gasteiger partial charge in [0.05, 0.1) is 0 Å². The minimum absolute atomic E-state index is 0.394. The average molecular weight is 431 g/mol. The van der Waals surface area contributed by atoms with Gasteiger partial charge in [-0.2, -0.15) is 0 Å². The van der Waals surface area contributed by atoms with Gasteiger partial charge in [0.1, 0.15) is 5.41 Å². The molecule has 0 aliphatic carbocycles. The molecule has 0 bridgehead atoms. The number of hydrogen-bond donors (Lipinski definition) is 1. The molecule has 33 heavy (non-hydrogen) atoms. The highest BCUT2D eigenvalue weighted by Gasteiger charge is 2.46. The van der Waals surface area contributed by atoms with Gasteiger partial charge in [0.2, 0.25) is 0 Å². The normalized spacial score (nSPS) is 13.3. The number of fused-ring (bicyclic) bond motifs is 2. The molecule has 1 N–H and O–H groups in total. The first-order chi connectivity index (χ1) is 16.0. The predicted octanol–water partition coefficient (Wildman–Crippen LogP) is 7.48. The maximum atomic E-state index is 13.2. The van der Waals surface area contributed by atoms with Crippen LogP contribution in [0.15, 0.2) is 109 Å². The van der Waals surface area contributed by atoms with Crippen molar-refractivity contribution in [2.45, 2.75) is 25.2 Å². The lowest BCUT2D eigenvalue weighted by Gasteiger charge is -2.37. The van der Waals surface area contributed by atoms with Gasteiger partial charge in [0.25, 0.3) is 0 Å². The third-order valence-corrected chi connectivity index (χ3v) is 6.91. The molecule has 0 amide bonds. The molecule has 0 spiro atoms. The summed E-state index contributed by atoms with van der Waals surface area (Å²) in [6.07, 6.45) is 0. The Balaban J connectivity index is 1.91. The van der Waals surface area contributed by atoms with Crippen molar-refractivity contribution in [3.05, 3.63) is 131 Å². The van der Waals surface area contributed by atoms with E-state index < -0.39 is 17.3 Å². The molecule has 0 radical (unpaired) electrons. The molecular formula is C31H26O2. The summed E-state index contributed by atoms with van der Waals surface area (Å²) in [4.78, 5) is 13.2. The fourth-order valence-electron chi connectivity index (χ4n) is 5.18. The number of benzene rings is 5. The first kappa shape index (κ1) is 21.0. The van der Waals surface area contributed by atoms with Gasteiger partial charge in [-0.05, 0) is 52.1 Å². The summed E-state index contributed by atoms with van der Waals surface area (Å²) < 4.78 is 0. The molecule has 0 heterocycles. The van der Waals surface area contributed by atoms with E-state index in [0.717, 1.165) is 43.8 Å². The molecule has 2 heteroatoms. The SMILES string of the molecule is Cc1cccc(C(C)(C(=O)O)C(c2cccc3ccccc23)c2cccc3ccccc23)c1. The lowest BCUT2D eigenvalue weighted by Crippen LogP contribution is -2.40. The third kappa shape index (κ3) is 3.48. The van der Waals surface area contributed by atoms with E-state index in [1.54, 1.807) is 0 Å². The van der Waals surface area contributed by atoms with Gasteiger partial charge in [0, 0.05) is 5.92 Å². The number of carboxylic acid groups (broad SMARTS) is 1. The Bertz CT molecular complexity index is 1390. The minimum atomic E-state index is -1.18. The van der Waals surface area contributed by atoms with Crippen molar-refractivity contribution in [2.75, 3.05) is 0 Å². The van der Waals surface area contributed by atoms with Crippen molar-refractivity contribution in [1.82, 2.24) is 0 Å². The van der Waals surface area contributed by atoms with Crippen molar-refractivity contribution < 1.29 is 9.90 Å². The highest BCUT2D eigenvalue weighted by molar-refractivity contribution is 5.94. The molecular weight excluding hydrogens is 404 g/mol. The Morgan fingerprint density at radius 1 is 0.697 bits per heavy atom. The molecule has 0 aliphatic rings. The van der Waals surface area contributed by atoms with Gasteiger partial charge in [-0.3, -0.25) is 4.79 Å². The van der Waals surface area contributed by atoms with Gasteiger partial charge < -0.3 is 5.11 Å². The van der Waals surface area contributed by atoms with Gasteiger partial charge in [-0.15, -0.1) is 0 Å². The first-order valence-corrected chi connectivity index (χ1v) is 11.3. The van der Waals surface area contributed by atoms with Crippen LogP contribution in [0.3, 0.4) is 0 Å². The molecule has 5 aromatic carbocycles. The van der Waals surface area contributed by atoms with Crippen LogP contribution >= 0.6 is 0 Å². The summed E-state index contributed by atoms with van der Waals surface area (Å²) in [5.74, 6) is -1.23. The summed E-state index contributed by atoms with van der Waals surface area (Å²) in [7, 11) is 0. The van der Waals surface area contributed by atoms with E-state index in [0.29, 0.717) is 0 Å². The van der Waals surface area contributed by atoms with Crippen molar-refractivity contribution in [3.8, 4) is 0 Å². The third-order valence-electron chi connectivity index (χ3n) is 6.91. The van der Waals surface area contributed by atoms with E-state index in [-0.39, 0.29) is 0 Å². The number of aliphatic carboxylic acids is 1. The molecule has 0 aliphatic heterocycles. The Kier molecular flexibility index (Phi) is 5.22. The van der Waals surface area contributed by atoms with Gasteiger partial charge in [-0.1, -0.05) is 115 Å². The lowest BCUT2D eigenvalue weighted by atomic mass is 9.64. The smallest absolute Gasteiger partial charge is 0.314 e. The molecule has 5 aromatic rings. The number of carboxylic acids is 1. The molecule has 0 saturated heterocycles. The van der Waals surface area contributed by atoms with Crippen LogP contribution < -0.4 is 0 Å². The topological polar surface area (TPSA) is 37.3 Å². The quantitative estimate of drug-likeness (QED) is 0.314. The van der Waals surface area contributed by atoms with E-state index in [1.165, 1.54) is 0 Å². The van der Waals surface area contributed by atoms with Crippen molar-refractivity contribution in [2.24, 2.45) is 0 Å². The van der Waals surface area contributed by atoms with Crippen LogP contribution in [0.4, 0.5) is 0 Å². The Morgan fingerprint density at radius 3 is 1.70 bits per heavy atom. The molecule has 2 nitrogen and oxygen atoms in total. The van der Waals surface area contributed by atoms with Gasteiger partial charge in [0.15, 0.2) is 0 Å². The zero-order valence-electron chi connectivity index (χ0n) is 18.8. The molecule has 5 rings (SSSR count). The zero-order chi connectivity index (χ0) is 23.0. The summed E-state index contributed by atoms with van der Waals surface area (Å²) in [5, 5.41) is 15.2. The number of rotatable bonds is 5. The van der Waals surface area contributed by atoms with Gasteiger partial charge >= 0.3 is 5.97 Å². The van der Waals surface area contributed by atoms with E-state index in [9.17, 15) is 9.90 Å². The van der Waals surface area contributed by atoms with Crippen molar-refractivity contribution >= 4 is 27.5 Å². The fourth-order valence-corrected chi connectivity index (χ4v) is 5.18. The van der Waals surface area contributed by atoms with Crippen LogP contribution in [0.25, 0.3) is 21.5 Å². The van der Waals surface area contributed by atoms with Crippen LogP contribution in [0, 0.1) is 6.92 Å². The number of carbonyl (C=O) groups is 1. The summed E-state index contributed by atoms with van der Waals surface area (Å²) in [5.41, 5.74) is 2.72. The van der Waals surface area contributed by atoms with E-state index in [1.807, 2.05) is 74.5 Å². The van der Waals surface area contributed by atoms with Crippen LogP contribution in [0.1, 0.15) is 35.1 Å². The minimum Gasteiger partial charge on any atom is -0.481 e.